The number of allylic oxidation sites excluding steroid dienone is 2. The summed E-state index contributed by atoms with van der Waals surface area (Å²) in [5.41, 5.74) is 2.36. The molecule has 0 aliphatic heterocycles. The zero-order chi connectivity index (χ0) is 18.7. The lowest BCUT2D eigenvalue weighted by Gasteiger charge is -2.14. The van der Waals surface area contributed by atoms with Gasteiger partial charge in [-0.25, -0.2) is 13.2 Å². The average molecular weight is 377 g/mol. The van der Waals surface area contributed by atoms with Gasteiger partial charge in [0.2, 0.25) is 0 Å². The SMILES string of the molecule is CNC1C=C(c2cc(CSC)ccc2Oc2ccc(F)cc2F)C=C1F. The lowest BCUT2D eigenvalue weighted by Crippen LogP contribution is -2.21. The highest BCUT2D eigenvalue weighted by atomic mass is 32.2. The minimum absolute atomic E-state index is 0.0847. The molecule has 0 saturated heterocycles. The fraction of sp³-hybridized carbons (Fsp3) is 0.200. The first kappa shape index (κ1) is 18.6. The van der Waals surface area contributed by atoms with Crippen LogP contribution < -0.4 is 10.1 Å². The van der Waals surface area contributed by atoms with Gasteiger partial charge in [-0.2, -0.15) is 11.8 Å². The van der Waals surface area contributed by atoms with Crippen LogP contribution in [0, 0.1) is 11.6 Å². The molecule has 2 aromatic carbocycles. The van der Waals surface area contributed by atoms with Crippen molar-refractivity contribution in [2.45, 2.75) is 11.8 Å². The number of benzene rings is 2. The topological polar surface area (TPSA) is 21.3 Å². The number of ether oxygens (including phenoxy) is 1. The third kappa shape index (κ3) is 3.97. The van der Waals surface area contributed by atoms with Gasteiger partial charge in [-0.05, 0) is 54.8 Å². The molecule has 1 unspecified atom stereocenters. The number of halogens is 3. The number of hydrogen-bond acceptors (Lipinski definition) is 3. The Labute approximate surface area is 154 Å². The van der Waals surface area contributed by atoms with Crippen LogP contribution in [0.3, 0.4) is 0 Å². The van der Waals surface area contributed by atoms with E-state index in [9.17, 15) is 13.2 Å². The Hall–Kier alpha value is -2.18. The molecule has 2 aromatic rings. The molecule has 6 heteroatoms. The molecule has 2 nitrogen and oxygen atoms in total. The first-order valence-corrected chi connectivity index (χ1v) is 9.42. The zero-order valence-corrected chi connectivity index (χ0v) is 15.2. The molecule has 0 amide bonds. The molecule has 136 valence electrons. The fourth-order valence-electron chi connectivity index (χ4n) is 2.76. The van der Waals surface area contributed by atoms with Gasteiger partial charge >= 0.3 is 0 Å². The molecule has 3 rings (SSSR count). The standard InChI is InChI=1S/C20H18F3NOS/c1-24-18-9-13(8-16(18)22)15-7-12(11-26-2)3-5-19(15)25-20-6-4-14(21)10-17(20)23/h3-10,18,24H,11H2,1-2H3. The summed E-state index contributed by atoms with van der Waals surface area (Å²) in [5.74, 6) is -0.680. The van der Waals surface area contributed by atoms with Gasteiger partial charge in [-0.3, -0.25) is 0 Å². The van der Waals surface area contributed by atoms with Crippen molar-refractivity contribution in [3.63, 3.8) is 0 Å². The van der Waals surface area contributed by atoms with Gasteiger partial charge in [0, 0.05) is 17.4 Å². The molecule has 0 fully saturated rings. The maximum absolute atomic E-state index is 14.0. The number of likely N-dealkylation sites (N-methyl/N-ethyl adjacent to an activating group) is 1. The van der Waals surface area contributed by atoms with E-state index in [0.29, 0.717) is 16.9 Å². The highest BCUT2D eigenvalue weighted by Gasteiger charge is 2.21. The maximum atomic E-state index is 14.0. The number of hydrogen-bond donors (Lipinski definition) is 1. The van der Waals surface area contributed by atoms with Gasteiger partial charge in [-0.15, -0.1) is 0 Å². The first-order valence-electron chi connectivity index (χ1n) is 8.03. The van der Waals surface area contributed by atoms with E-state index in [2.05, 4.69) is 5.32 Å². The Morgan fingerprint density at radius 1 is 1.08 bits per heavy atom. The molecule has 1 aliphatic rings. The summed E-state index contributed by atoms with van der Waals surface area (Å²) in [6.07, 6.45) is 5.18. The van der Waals surface area contributed by atoms with Crippen LogP contribution in [-0.4, -0.2) is 19.3 Å². The molecule has 26 heavy (non-hydrogen) atoms. The fourth-order valence-corrected chi connectivity index (χ4v) is 3.27. The van der Waals surface area contributed by atoms with Crippen LogP contribution in [0.2, 0.25) is 0 Å². The Morgan fingerprint density at radius 3 is 2.50 bits per heavy atom. The maximum Gasteiger partial charge on any atom is 0.168 e. The summed E-state index contributed by atoms with van der Waals surface area (Å²) in [6.45, 7) is 0. The molecular weight excluding hydrogens is 359 g/mol. The normalized spacial score (nSPS) is 16.4. The van der Waals surface area contributed by atoms with Crippen molar-refractivity contribution in [2.24, 2.45) is 0 Å². The predicted molar refractivity (Wildman–Crippen MR) is 100 cm³/mol. The van der Waals surface area contributed by atoms with Crippen LogP contribution >= 0.6 is 11.8 Å². The minimum atomic E-state index is -0.792. The van der Waals surface area contributed by atoms with E-state index in [1.807, 2.05) is 18.4 Å². The molecule has 1 atom stereocenters. The summed E-state index contributed by atoms with van der Waals surface area (Å²) < 4.78 is 46.8. The van der Waals surface area contributed by atoms with Crippen molar-refractivity contribution in [2.75, 3.05) is 13.3 Å². The van der Waals surface area contributed by atoms with Crippen LogP contribution in [-0.2, 0) is 5.75 Å². The predicted octanol–water partition coefficient (Wildman–Crippen LogP) is 5.46. The Bertz CT molecular complexity index is 879. The summed E-state index contributed by atoms with van der Waals surface area (Å²) >= 11 is 1.66. The van der Waals surface area contributed by atoms with Crippen molar-refractivity contribution in [1.82, 2.24) is 5.32 Å². The monoisotopic (exact) mass is 377 g/mol. The number of rotatable bonds is 6. The number of nitrogens with one attached hydrogen (secondary N) is 1. The van der Waals surface area contributed by atoms with Crippen molar-refractivity contribution >= 4 is 17.3 Å². The van der Waals surface area contributed by atoms with E-state index in [1.54, 1.807) is 31.0 Å². The average Bonchev–Trinajstić information content (AvgIpc) is 2.99. The molecule has 1 N–H and O–H groups in total. The number of thioether (sulfide) groups is 1. The molecule has 0 spiro atoms. The Balaban J connectivity index is 2.02. The minimum Gasteiger partial charge on any atom is -0.454 e. The summed E-state index contributed by atoms with van der Waals surface area (Å²) in [6, 6.07) is 8.14. The van der Waals surface area contributed by atoms with E-state index in [-0.39, 0.29) is 11.6 Å². The molecule has 0 radical (unpaired) electrons. The van der Waals surface area contributed by atoms with Crippen molar-refractivity contribution in [1.29, 1.82) is 0 Å². The van der Waals surface area contributed by atoms with E-state index < -0.39 is 17.7 Å². The quantitative estimate of drug-likeness (QED) is 0.722. The van der Waals surface area contributed by atoms with Crippen molar-refractivity contribution < 1.29 is 17.9 Å². The summed E-state index contributed by atoms with van der Waals surface area (Å²) in [7, 11) is 1.67. The lowest BCUT2D eigenvalue weighted by molar-refractivity contribution is 0.436. The van der Waals surface area contributed by atoms with Crippen LogP contribution in [0.15, 0.2) is 54.4 Å². The van der Waals surface area contributed by atoms with Crippen molar-refractivity contribution in [3.05, 3.63) is 77.1 Å². The third-order valence-electron chi connectivity index (χ3n) is 4.03. The smallest absolute Gasteiger partial charge is 0.168 e. The van der Waals surface area contributed by atoms with E-state index in [4.69, 9.17) is 4.74 Å². The second kappa shape index (κ2) is 8.01. The summed E-state index contributed by atoms with van der Waals surface area (Å²) in [4.78, 5) is 0. The largest absolute Gasteiger partial charge is 0.454 e. The molecule has 0 aromatic heterocycles. The second-order valence-corrected chi connectivity index (χ2v) is 6.72. The Morgan fingerprint density at radius 2 is 1.85 bits per heavy atom. The van der Waals surface area contributed by atoms with Crippen molar-refractivity contribution in [3.8, 4) is 11.5 Å². The van der Waals surface area contributed by atoms with E-state index in [1.165, 1.54) is 12.1 Å². The van der Waals surface area contributed by atoms with Gasteiger partial charge in [0.15, 0.2) is 11.6 Å². The van der Waals surface area contributed by atoms with Crippen LogP contribution in [0.1, 0.15) is 11.1 Å². The zero-order valence-electron chi connectivity index (χ0n) is 14.4. The van der Waals surface area contributed by atoms with Crippen LogP contribution in [0.25, 0.3) is 5.57 Å². The molecule has 0 saturated carbocycles. The molecule has 1 aliphatic carbocycles. The first-order chi connectivity index (χ1) is 12.5. The van der Waals surface area contributed by atoms with Crippen LogP contribution in [0.5, 0.6) is 11.5 Å². The van der Waals surface area contributed by atoms with Gasteiger partial charge < -0.3 is 10.1 Å². The van der Waals surface area contributed by atoms with Crippen LogP contribution in [0.4, 0.5) is 13.2 Å². The van der Waals surface area contributed by atoms with Gasteiger partial charge in [0.25, 0.3) is 0 Å². The summed E-state index contributed by atoms with van der Waals surface area (Å²) in [5, 5.41) is 2.87. The van der Waals surface area contributed by atoms with Gasteiger partial charge in [0.05, 0.1) is 6.04 Å². The second-order valence-electron chi connectivity index (χ2n) is 5.86. The van der Waals surface area contributed by atoms with E-state index >= 15 is 0 Å². The third-order valence-corrected chi connectivity index (χ3v) is 4.65. The molecule has 0 heterocycles. The van der Waals surface area contributed by atoms with E-state index in [0.717, 1.165) is 23.4 Å². The lowest BCUT2D eigenvalue weighted by atomic mass is 10.0. The van der Waals surface area contributed by atoms with Gasteiger partial charge in [-0.1, -0.05) is 12.1 Å². The van der Waals surface area contributed by atoms with Gasteiger partial charge in [0.1, 0.15) is 17.4 Å². The molecule has 0 bridgehead atoms. The Kier molecular flexibility index (Phi) is 5.74. The highest BCUT2D eigenvalue weighted by molar-refractivity contribution is 7.97. The molecular formula is C20H18F3NOS. The highest BCUT2D eigenvalue weighted by Crippen LogP contribution is 2.37.